The number of aromatic nitrogens is 1. The average Bonchev–Trinajstić information content (AvgIpc) is 3.61. The molecule has 0 atom stereocenters. The van der Waals surface area contributed by atoms with Crippen molar-refractivity contribution < 1.29 is 14.1 Å². The number of nitrogens with zero attached hydrogens (tertiary/aromatic N) is 2. The van der Waals surface area contributed by atoms with Crippen molar-refractivity contribution in [3.05, 3.63) is 102 Å². The average molecular weight is 468 g/mol. The number of anilines is 1. The highest BCUT2D eigenvalue weighted by Crippen LogP contribution is 2.27. The van der Waals surface area contributed by atoms with Crippen LogP contribution in [0.2, 0.25) is 0 Å². The molecule has 0 radical (unpaired) electrons. The Bertz CT molecular complexity index is 1230. The lowest BCUT2D eigenvalue weighted by molar-refractivity contribution is 0.101. The van der Waals surface area contributed by atoms with Crippen LogP contribution in [0.1, 0.15) is 34.5 Å². The largest absolute Gasteiger partial charge is 0.492 e. The Morgan fingerprint density at radius 3 is 2.46 bits per heavy atom. The van der Waals surface area contributed by atoms with E-state index in [2.05, 4.69) is 63.9 Å². The summed E-state index contributed by atoms with van der Waals surface area (Å²) in [5.41, 5.74) is 5.71. The number of carbonyl (C=O) groups is 1. The first-order chi connectivity index (χ1) is 17.2. The van der Waals surface area contributed by atoms with E-state index in [1.807, 2.05) is 24.3 Å². The molecule has 0 bridgehead atoms. The van der Waals surface area contributed by atoms with Crippen LogP contribution in [0, 0.1) is 0 Å². The number of nitrogens with one attached hydrogen (secondary N) is 1. The quantitative estimate of drug-likeness (QED) is 0.344. The third-order valence-electron chi connectivity index (χ3n) is 6.33. The number of likely N-dealkylation sites (tertiary alicyclic amines) is 1. The van der Waals surface area contributed by atoms with Crippen LogP contribution >= 0.6 is 0 Å². The number of hydrogen-bond acceptors (Lipinski definition) is 5. The second-order valence-electron chi connectivity index (χ2n) is 8.79. The summed E-state index contributed by atoms with van der Waals surface area (Å²) in [6.45, 7) is 4.12. The van der Waals surface area contributed by atoms with Gasteiger partial charge >= 0.3 is 0 Å². The van der Waals surface area contributed by atoms with Crippen LogP contribution in [0.4, 0.5) is 5.69 Å². The standard InChI is InChI=1S/C29H29N3O3/c33-29(28-15-19-35-31-28)30-25-11-9-23(10-12-25)27-6-2-1-5-24(27)21-22-7-13-26(14-8-22)34-20-18-32-16-3-4-17-32/h1-2,5-15,19H,3-4,16-18,20-21H2,(H,30,33). The molecule has 1 amide bonds. The molecule has 178 valence electrons. The van der Waals surface area contributed by atoms with Crippen LogP contribution in [0.15, 0.2) is 89.6 Å². The summed E-state index contributed by atoms with van der Waals surface area (Å²) in [7, 11) is 0. The Kier molecular flexibility index (Phi) is 7.20. The van der Waals surface area contributed by atoms with Gasteiger partial charge in [0.2, 0.25) is 0 Å². The van der Waals surface area contributed by atoms with E-state index >= 15 is 0 Å². The summed E-state index contributed by atoms with van der Waals surface area (Å²) in [4.78, 5) is 14.6. The predicted molar refractivity (Wildman–Crippen MR) is 137 cm³/mol. The molecule has 0 saturated carbocycles. The molecule has 1 fully saturated rings. The Morgan fingerprint density at radius 2 is 1.71 bits per heavy atom. The zero-order valence-corrected chi connectivity index (χ0v) is 19.7. The molecule has 1 saturated heterocycles. The van der Waals surface area contributed by atoms with E-state index in [4.69, 9.17) is 9.26 Å². The molecule has 6 heteroatoms. The lowest BCUT2D eigenvalue weighted by atomic mass is 9.95. The molecule has 3 aromatic carbocycles. The fourth-order valence-electron chi connectivity index (χ4n) is 4.44. The first-order valence-corrected chi connectivity index (χ1v) is 12.1. The second-order valence-corrected chi connectivity index (χ2v) is 8.79. The second kappa shape index (κ2) is 11.0. The Morgan fingerprint density at radius 1 is 0.943 bits per heavy atom. The van der Waals surface area contributed by atoms with Crippen molar-refractivity contribution >= 4 is 11.6 Å². The monoisotopic (exact) mass is 467 g/mol. The minimum absolute atomic E-state index is 0.252. The lowest BCUT2D eigenvalue weighted by Gasteiger charge is -2.15. The molecule has 0 unspecified atom stereocenters. The van der Waals surface area contributed by atoms with Crippen molar-refractivity contribution in [1.29, 1.82) is 0 Å². The molecule has 5 rings (SSSR count). The molecule has 4 aromatic rings. The van der Waals surface area contributed by atoms with Crippen LogP contribution in [0.25, 0.3) is 11.1 Å². The van der Waals surface area contributed by atoms with Crippen molar-refractivity contribution in [1.82, 2.24) is 10.1 Å². The van der Waals surface area contributed by atoms with E-state index in [1.165, 1.54) is 55.0 Å². The first kappa shape index (κ1) is 22.9. The summed E-state index contributed by atoms with van der Waals surface area (Å²) in [6.07, 6.45) is 4.82. The third-order valence-corrected chi connectivity index (χ3v) is 6.33. The molecule has 0 spiro atoms. The summed E-state index contributed by atoms with van der Waals surface area (Å²) >= 11 is 0. The summed E-state index contributed by atoms with van der Waals surface area (Å²) < 4.78 is 10.7. The molecule has 2 heterocycles. The van der Waals surface area contributed by atoms with Crippen molar-refractivity contribution in [2.45, 2.75) is 19.3 Å². The van der Waals surface area contributed by atoms with Crippen LogP contribution < -0.4 is 10.1 Å². The van der Waals surface area contributed by atoms with Crippen molar-refractivity contribution in [3.63, 3.8) is 0 Å². The SMILES string of the molecule is O=C(Nc1ccc(-c2ccccc2Cc2ccc(OCCN3CCCC3)cc2)cc1)c1ccon1. The molecular weight excluding hydrogens is 438 g/mol. The molecule has 0 aliphatic carbocycles. The van der Waals surface area contributed by atoms with Crippen molar-refractivity contribution in [3.8, 4) is 16.9 Å². The van der Waals surface area contributed by atoms with Crippen LogP contribution in [0.3, 0.4) is 0 Å². The van der Waals surface area contributed by atoms with E-state index in [9.17, 15) is 4.79 Å². The number of rotatable bonds is 9. The van der Waals surface area contributed by atoms with Gasteiger partial charge in [0.05, 0.1) is 0 Å². The number of amides is 1. The molecule has 1 aromatic heterocycles. The summed E-state index contributed by atoms with van der Waals surface area (Å²) in [5, 5.41) is 6.51. The van der Waals surface area contributed by atoms with Crippen LogP contribution in [-0.4, -0.2) is 42.2 Å². The Balaban J connectivity index is 1.21. The zero-order valence-electron chi connectivity index (χ0n) is 19.7. The first-order valence-electron chi connectivity index (χ1n) is 12.1. The van der Waals surface area contributed by atoms with Gasteiger partial charge in [-0.2, -0.15) is 0 Å². The fourth-order valence-corrected chi connectivity index (χ4v) is 4.44. The zero-order chi connectivity index (χ0) is 23.9. The maximum Gasteiger partial charge on any atom is 0.277 e. The van der Waals surface area contributed by atoms with Gasteiger partial charge in [0.1, 0.15) is 18.6 Å². The van der Waals surface area contributed by atoms with Gasteiger partial charge in [-0.05, 0) is 78.9 Å². The molecule has 35 heavy (non-hydrogen) atoms. The maximum atomic E-state index is 12.2. The van der Waals surface area contributed by atoms with E-state index in [0.29, 0.717) is 5.69 Å². The maximum absolute atomic E-state index is 12.2. The lowest BCUT2D eigenvalue weighted by Crippen LogP contribution is -2.25. The number of ether oxygens (including phenoxy) is 1. The molecule has 6 nitrogen and oxygen atoms in total. The van der Waals surface area contributed by atoms with Gasteiger partial charge in [-0.25, -0.2) is 0 Å². The highest BCUT2D eigenvalue weighted by molar-refractivity contribution is 6.02. The Hall–Kier alpha value is -3.90. The van der Waals surface area contributed by atoms with E-state index in [0.717, 1.165) is 30.9 Å². The van der Waals surface area contributed by atoms with Gasteiger partial charge in [-0.1, -0.05) is 53.7 Å². The number of carbonyl (C=O) groups excluding carboxylic acids is 1. The van der Waals surface area contributed by atoms with E-state index in [1.54, 1.807) is 0 Å². The Labute approximate surface area is 205 Å². The normalized spacial score (nSPS) is 13.6. The van der Waals surface area contributed by atoms with Gasteiger partial charge in [-0.15, -0.1) is 0 Å². The van der Waals surface area contributed by atoms with Gasteiger partial charge in [-0.3, -0.25) is 9.69 Å². The molecular formula is C29H29N3O3. The highest BCUT2D eigenvalue weighted by atomic mass is 16.5. The van der Waals surface area contributed by atoms with Crippen LogP contribution in [-0.2, 0) is 6.42 Å². The predicted octanol–water partition coefficient (Wildman–Crippen LogP) is 5.66. The number of benzene rings is 3. The molecule has 1 N–H and O–H groups in total. The minimum Gasteiger partial charge on any atom is -0.492 e. The van der Waals surface area contributed by atoms with Gasteiger partial charge in [0, 0.05) is 18.3 Å². The minimum atomic E-state index is -0.296. The molecule has 1 aliphatic rings. The number of hydrogen-bond donors (Lipinski definition) is 1. The summed E-state index contributed by atoms with van der Waals surface area (Å²) in [5.74, 6) is 0.625. The van der Waals surface area contributed by atoms with Gasteiger partial charge < -0.3 is 14.6 Å². The van der Waals surface area contributed by atoms with E-state index in [-0.39, 0.29) is 11.6 Å². The van der Waals surface area contributed by atoms with Crippen molar-refractivity contribution in [2.24, 2.45) is 0 Å². The van der Waals surface area contributed by atoms with Gasteiger partial charge in [0.25, 0.3) is 5.91 Å². The topological polar surface area (TPSA) is 67.6 Å². The molecule has 1 aliphatic heterocycles. The third kappa shape index (κ3) is 5.97. The van der Waals surface area contributed by atoms with Gasteiger partial charge in [0.15, 0.2) is 5.69 Å². The van der Waals surface area contributed by atoms with Crippen molar-refractivity contribution in [2.75, 3.05) is 31.6 Å². The fraction of sp³-hybridized carbons (Fsp3) is 0.241. The smallest absolute Gasteiger partial charge is 0.277 e. The van der Waals surface area contributed by atoms with E-state index < -0.39 is 0 Å². The summed E-state index contributed by atoms with van der Waals surface area (Å²) in [6, 6.07) is 26.2. The highest BCUT2D eigenvalue weighted by Gasteiger charge is 2.12. The van der Waals surface area contributed by atoms with Crippen LogP contribution in [0.5, 0.6) is 5.75 Å².